The van der Waals surface area contributed by atoms with Crippen LogP contribution in [0.4, 0.5) is 5.13 Å². The number of carboxylic acid groups (broad SMARTS) is 2. The van der Waals surface area contributed by atoms with Crippen molar-refractivity contribution in [1.82, 2.24) is 20.3 Å². The van der Waals surface area contributed by atoms with E-state index in [1.807, 2.05) is 0 Å². The van der Waals surface area contributed by atoms with Crippen molar-refractivity contribution in [2.75, 3.05) is 44.3 Å². The summed E-state index contributed by atoms with van der Waals surface area (Å²) in [4.78, 5) is 93.1. The number of oxime groups is 1. The normalized spacial score (nSPS) is 26.4. The molecule has 21 heteroatoms. The number of nitrogens with zero attached hydrogens (tertiary/aromatic N) is 5. The second-order valence-electron chi connectivity index (χ2n) is 14.5. The molecule has 7 N–H and O–H groups in total. The fourth-order valence-corrected chi connectivity index (χ4v) is 9.25. The minimum Gasteiger partial charge on any atom is -0.504 e. The van der Waals surface area contributed by atoms with Crippen LogP contribution >= 0.6 is 23.1 Å². The highest BCUT2D eigenvalue weighted by atomic mass is 32.2. The molecule has 6 aliphatic heterocycles. The number of aromatic hydroxyl groups is 2. The molecule has 54 heavy (non-hydrogen) atoms. The Balaban J connectivity index is 1.00. The summed E-state index contributed by atoms with van der Waals surface area (Å²) in [5, 5.41) is 47.2. The van der Waals surface area contributed by atoms with Crippen LogP contribution in [0.5, 0.6) is 11.5 Å². The number of phenolic OH excluding ortho intramolecular Hbond substituents is 2. The van der Waals surface area contributed by atoms with Gasteiger partial charge in [-0.05, 0) is 26.0 Å². The maximum Gasteiger partial charge on any atom is 0.352 e. The predicted octanol–water partition coefficient (Wildman–Crippen LogP) is 0.688. The molecular weight excluding hydrogens is 751 g/mol. The number of nitrogens with two attached hydrogens (primary N) is 1. The summed E-state index contributed by atoms with van der Waals surface area (Å²) >= 11 is 2.32. The Morgan fingerprint density at radius 3 is 2.22 bits per heavy atom. The number of carbonyl (C=O) groups excluding carboxylic acids is 4. The number of amides is 4. The second kappa shape index (κ2) is 13.2. The molecule has 8 rings (SSSR count). The van der Waals surface area contributed by atoms with Gasteiger partial charge >= 0.3 is 11.9 Å². The highest BCUT2D eigenvalue weighted by molar-refractivity contribution is 8.00. The number of fused-ring (bicyclic) bond motifs is 5. The Hall–Kier alpha value is -5.25. The van der Waals surface area contributed by atoms with Crippen LogP contribution in [-0.2, 0) is 28.9 Å². The van der Waals surface area contributed by atoms with Gasteiger partial charge in [0, 0.05) is 41.4 Å². The van der Waals surface area contributed by atoms with Crippen molar-refractivity contribution in [2.45, 2.75) is 50.1 Å². The van der Waals surface area contributed by atoms with Crippen LogP contribution in [-0.4, -0.2) is 137 Å². The minimum atomic E-state index is -1.79. The number of phenols is 2. The van der Waals surface area contributed by atoms with E-state index in [0.717, 1.165) is 23.5 Å². The lowest BCUT2D eigenvalue weighted by molar-refractivity contribution is -0.941. The van der Waals surface area contributed by atoms with Gasteiger partial charge in [-0.2, -0.15) is 0 Å². The first kappa shape index (κ1) is 37.1. The highest BCUT2D eigenvalue weighted by Gasteiger charge is 2.57. The van der Waals surface area contributed by atoms with Gasteiger partial charge in [0.05, 0.1) is 37.4 Å². The van der Waals surface area contributed by atoms with Gasteiger partial charge in [0.25, 0.3) is 23.6 Å². The van der Waals surface area contributed by atoms with E-state index in [1.165, 1.54) is 35.9 Å². The third kappa shape index (κ3) is 6.29. The molecule has 19 nitrogen and oxygen atoms in total. The lowest BCUT2D eigenvalue weighted by Crippen LogP contribution is -2.71. The zero-order chi connectivity index (χ0) is 38.9. The number of thiazole rings is 1. The fourth-order valence-electron chi connectivity index (χ4n) is 7.37. The van der Waals surface area contributed by atoms with Crippen molar-refractivity contribution in [1.29, 1.82) is 0 Å². The lowest BCUT2D eigenvalue weighted by Gasteiger charge is -2.56. The molecule has 4 fully saturated rings. The molecule has 1 aromatic carbocycles. The van der Waals surface area contributed by atoms with E-state index in [-0.39, 0.29) is 39.7 Å². The van der Waals surface area contributed by atoms with Crippen molar-refractivity contribution >= 4 is 69.5 Å². The number of nitrogens with one attached hydrogen (secondary N) is 1. The summed E-state index contributed by atoms with van der Waals surface area (Å²) in [7, 11) is 0. The standard InChI is InChI=1S/C33H35N7O12S2/c1-32(2,30(49)50)52-37-21(18-13-54-31(34)35-18)24(43)36-22-27(46)38-23(29(47)48)15(12-53-28(22)38)11-40-6-3-33(4-7-40,5-8-40)14-51-39-25(44)16-9-19(41)20(42)10-17(16)26(39)45/h9-10,13,22,28H,3-8,11-12,14H2,1-2H3,(H6-,34,35,36,37,41,42,43,44,45,47,48,49,50)/p+1/t22-,28-,33?,40?/m1/s1. The second-order valence-corrected chi connectivity index (χ2v) is 16.5. The molecule has 0 aliphatic carbocycles. The summed E-state index contributed by atoms with van der Waals surface area (Å²) in [6, 6.07) is 0.956. The summed E-state index contributed by atoms with van der Waals surface area (Å²) < 4.78 is 0.593. The summed E-state index contributed by atoms with van der Waals surface area (Å²) in [5.74, 6) is -6.33. The van der Waals surface area contributed by atoms with Crippen LogP contribution in [0.25, 0.3) is 0 Å². The van der Waals surface area contributed by atoms with Crippen molar-refractivity contribution in [3.8, 4) is 11.5 Å². The number of thioether (sulfide) groups is 1. The molecule has 4 saturated heterocycles. The van der Waals surface area contributed by atoms with Gasteiger partial charge in [0.15, 0.2) is 22.3 Å². The van der Waals surface area contributed by atoms with Gasteiger partial charge in [-0.1, -0.05) is 5.16 Å². The zero-order valence-electron chi connectivity index (χ0n) is 28.9. The molecule has 0 saturated carbocycles. The van der Waals surface area contributed by atoms with E-state index >= 15 is 0 Å². The van der Waals surface area contributed by atoms with Crippen LogP contribution < -0.4 is 11.1 Å². The molecule has 2 atom stereocenters. The van der Waals surface area contributed by atoms with Crippen molar-refractivity contribution < 1.29 is 63.4 Å². The third-order valence-corrected chi connectivity index (χ3v) is 12.7. The molecule has 286 valence electrons. The zero-order valence-corrected chi connectivity index (χ0v) is 30.6. The molecule has 0 unspecified atom stereocenters. The van der Waals surface area contributed by atoms with E-state index in [4.69, 9.17) is 15.4 Å². The van der Waals surface area contributed by atoms with Gasteiger partial charge < -0.3 is 40.8 Å². The Labute approximate surface area is 314 Å². The molecule has 2 bridgehead atoms. The number of quaternary nitrogens is 1. The van der Waals surface area contributed by atoms with Gasteiger partial charge in [-0.25, -0.2) is 14.6 Å². The average molecular weight is 787 g/mol. The largest absolute Gasteiger partial charge is 0.504 e. The van der Waals surface area contributed by atoms with Gasteiger partial charge in [-0.3, -0.25) is 28.9 Å². The number of hydrogen-bond acceptors (Lipinski definition) is 15. The topological polar surface area (TPSA) is 272 Å². The number of carboxylic acids is 2. The summed E-state index contributed by atoms with van der Waals surface area (Å²) in [5.41, 5.74) is 3.55. The smallest absolute Gasteiger partial charge is 0.352 e. The minimum absolute atomic E-state index is 0.00276. The summed E-state index contributed by atoms with van der Waals surface area (Å²) in [6.07, 6.45) is 2.05. The van der Waals surface area contributed by atoms with Crippen LogP contribution in [0.3, 0.4) is 0 Å². The van der Waals surface area contributed by atoms with E-state index < -0.39 is 69.8 Å². The molecule has 4 amide bonds. The number of β-lactam (4-membered cyclic amide) rings is 1. The van der Waals surface area contributed by atoms with Crippen molar-refractivity contribution in [3.05, 3.63) is 45.6 Å². The third-order valence-electron chi connectivity index (χ3n) is 10.7. The first-order valence-electron chi connectivity index (χ1n) is 16.8. The van der Waals surface area contributed by atoms with Gasteiger partial charge in [0.2, 0.25) is 5.60 Å². The molecule has 1 aromatic heterocycles. The first-order valence-corrected chi connectivity index (χ1v) is 18.7. The number of benzene rings is 1. The Bertz CT molecular complexity index is 2010. The number of anilines is 1. The number of hydrogen-bond donors (Lipinski definition) is 6. The lowest BCUT2D eigenvalue weighted by atomic mass is 9.71. The fraction of sp³-hybridized carbons (Fsp3) is 0.455. The molecule has 2 aromatic rings. The van der Waals surface area contributed by atoms with Crippen LogP contribution in [0.15, 0.2) is 33.9 Å². The van der Waals surface area contributed by atoms with E-state index in [9.17, 15) is 49.2 Å². The number of nitrogen functional groups attached to an aromatic ring is 1. The highest BCUT2D eigenvalue weighted by Crippen LogP contribution is 2.47. The molecule has 6 aliphatic rings. The number of aromatic nitrogens is 1. The van der Waals surface area contributed by atoms with Crippen LogP contribution in [0.2, 0.25) is 0 Å². The van der Waals surface area contributed by atoms with E-state index in [0.29, 0.717) is 66.3 Å². The molecule has 7 heterocycles. The Kier molecular flexibility index (Phi) is 9.10. The molecule has 0 spiro atoms. The van der Waals surface area contributed by atoms with Crippen molar-refractivity contribution in [2.24, 2.45) is 10.6 Å². The average Bonchev–Trinajstić information content (AvgIpc) is 3.65. The number of carbonyl (C=O) groups is 6. The number of piperidine rings is 3. The van der Waals surface area contributed by atoms with Crippen molar-refractivity contribution in [3.63, 3.8) is 0 Å². The maximum atomic E-state index is 13.5. The van der Waals surface area contributed by atoms with Gasteiger partial charge in [-0.15, -0.1) is 28.2 Å². The summed E-state index contributed by atoms with van der Waals surface area (Å²) in [6.45, 7) is 4.99. The number of imide groups is 1. The first-order chi connectivity index (χ1) is 25.4. The Morgan fingerprint density at radius 2 is 1.69 bits per heavy atom. The van der Waals surface area contributed by atoms with Gasteiger partial charge in [0.1, 0.15) is 29.4 Å². The molecular formula is C33H36N7O12S2+. The monoisotopic (exact) mass is 786 g/mol. The number of rotatable bonds is 12. The Morgan fingerprint density at radius 1 is 1.07 bits per heavy atom. The maximum absolute atomic E-state index is 13.5. The number of aliphatic carboxylic acids is 2. The SMILES string of the molecule is CC(C)(O/N=C(\C(=O)N[C@@H]1C(=O)N2C(C(=O)O)=C(C[N+]34CCC(CON5C(=O)c6cc(O)c(O)cc6C5=O)(CC3)CC4)CS[C@H]12)c1csc(N)n1)C(=O)O. The molecule has 0 radical (unpaired) electrons. The predicted molar refractivity (Wildman–Crippen MR) is 188 cm³/mol. The van der Waals surface area contributed by atoms with E-state index in [2.05, 4.69) is 15.5 Å². The van der Waals surface area contributed by atoms with E-state index in [1.54, 1.807) is 0 Å². The number of hydroxylamine groups is 2. The van der Waals surface area contributed by atoms with Crippen LogP contribution in [0.1, 0.15) is 59.5 Å². The quantitative estimate of drug-likeness (QED) is 0.0431. The van der Waals surface area contributed by atoms with Crippen LogP contribution in [0, 0.1) is 5.41 Å².